The zero-order valence-corrected chi connectivity index (χ0v) is 11.5. The first kappa shape index (κ1) is 14.2. The van der Waals surface area contributed by atoms with Gasteiger partial charge >= 0.3 is 0 Å². The number of hydrogen-bond acceptors (Lipinski definition) is 3. The Morgan fingerprint density at radius 3 is 2.47 bits per heavy atom. The summed E-state index contributed by atoms with van der Waals surface area (Å²) in [6, 6.07) is 6.79. The van der Waals surface area contributed by atoms with Crippen LogP contribution in [0.4, 0.5) is 0 Å². The average molecular weight is 257 g/mol. The molecule has 1 unspecified atom stereocenters. The van der Waals surface area contributed by atoms with Gasteiger partial charge in [0.1, 0.15) is 0 Å². The van der Waals surface area contributed by atoms with Gasteiger partial charge in [-0.3, -0.25) is 0 Å². The minimum Gasteiger partial charge on any atom is -0.383 e. The summed E-state index contributed by atoms with van der Waals surface area (Å²) in [6.45, 7) is 3.99. The molecule has 0 aromatic heterocycles. The molecule has 0 aliphatic heterocycles. The van der Waals surface area contributed by atoms with Crippen LogP contribution < -0.4 is 0 Å². The van der Waals surface area contributed by atoms with Crippen LogP contribution >= 0.6 is 0 Å². The van der Waals surface area contributed by atoms with E-state index in [-0.39, 0.29) is 6.04 Å². The molecule has 96 valence electrons. The number of methoxy groups -OCH3 is 1. The third-order valence-corrected chi connectivity index (χ3v) is 4.91. The van der Waals surface area contributed by atoms with E-state index in [2.05, 4.69) is 0 Å². The van der Waals surface area contributed by atoms with E-state index in [0.29, 0.717) is 11.5 Å². The fraction of sp³-hybridized carbons (Fsp3) is 0.500. The lowest BCUT2D eigenvalue weighted by atomic mass is 10.2. The SMILES string of the molecule is COCC(C)N(C)S(=O)(=O)c1ccccc1C. The fourth-order valence-corrected chi connectivity index (χ4v) is 3.15. The van der Waals surface area contributed by atoms with E-state index in [1.165, 1.54) is 4.31 Å². The van der Waals surface area contributed by atoms with E-state index < -0.39 is 10.0 Å². The fourth-order valence-electron chi connectivity index (χ4n) is 1.58. The second-order valence-electron chi connectivity index (χ2n) is 4.09. The summed E-state index contributed by atoms with van der Waals surface area (Å²) in [6.07, 6.45) is 0. The molecule has 0 N–H and O–H groups in total. The molecule has 0 saturated carbocycles. The molecule has 0 aliphatic rings. The number of nitrogens with zero attached hydrogens (tertiary/aromatic N) is 1. The summed E-state index contributed by atoms with van der Waals surface area (Å²) >= 11 is 0. The summed E-state index contributed by atoms with van der Waals surface area (Å²) in [5.41, 5.74) is 0.754. The molecule has 1 aromatic rings. The molecule has 0 bridgehead atoms. The molecule has 0 fully saturated rings. The minimum atomic E-state index is -3.44. The predicted molar refractivity (Wildman–Crippen MR) is 67.5 cm³/mol. The van der Waals surface area contributed by atoms with Crippen molar-refractivity contribution in [3.63, 3.8) is 0 Å². The number of sulfonamides is 1. The Morgan fingerprint density at radius 1 is 1.35 bits per heavy atom. The van der Waals surface area contributed by atoms with Crippen molar-refractivity contribution in [1.82, 2.24) is 4.31 Å². The lowest BCUT2D eigenvalue weighted by Crippen LogP contribution is -2.38. The van der Waals surface area contributed by atoms with E-state index in [9.17, 15) is 8.42 Å². The van der Waals surface area contributed by atoms with Gasteiger partial charge in [-0.2, -0.15) is 4.31 Å². The molecule has 0 saturated heterocycles. The number of benzene rings is 1. The quantitative estimate of drug-likeness (QED) is 0.806. The molecule has 1 atom stereocenters. The van der Waals surface area contributed by atoms with Gasteiger partial charge in [0.2, 0.25) is 10.0 Å². The number of aryl methyl sites for hydroxylation is 1. The Bertz CT molecular complexity index is 470. The average Bonchev–Trinajstić information content (AvgIpc) is 2.28. The van der Waals surface area contributed by atoms with Crippen molar-refractivity contribution in [3.8, 4) is 0 Å². The van der Waals surface area contributed by atoms with Crippen molar-refractivity contribution in [2.45, 2.75) is 24.8 Å². The van der Waals surface area contributed by atoms with Crippen LogP contribution in [0.3, 0.4) is 0 Å². The predicted octanol–water partition coefficient (Wildman–Crippen LogP) is 1.65. The molecular formula is C12H19NO3S. The third-order valence-electron chi connectivity index (χ3n) is 2.78. The number of likely N-dealkylation sites (N-methyl/N-ethyl adjacent to an activating group) is 1. The molecule has 1 aromatic carbocycles. The first-order valence-corrected chi connectivity index (χ1v) is 6.88. The Labute approximate surface area is 103 Å². The number of hydrogen-bond donors (Lipinski definition) is 0. The van der Waals surface area contributed by atoms with Gasteiger partial charge in [-0.1, -0.05) is 18.2 Å². The topological polar surface area (TPSA) is 46.6 Å². The van der Waals surface area contributed by atoms with Crippen LogP contribution in [0.5, 0.6) is 0 Å². The maximum absolute atomic E-state index is 12.3. The highest BCUT2D eigenvalue weighted by atomic mass is 32.2. The lowest BCUT2D eigenvalue weighted by molar-refractivity contribution is 0.149. The van der Waals surface area contributed by atoms with Crippen LogP contribution in [0.15, 0.2) is 29.2 Å². The molecule has 0 radical (unpaired) electrons. The largest absolute Gasteiger partial charge is 0.383 e. The summed E-state index contributed by atoms with van der Waals surface area (Å²) in [4.78, 5) is 0.352. The van der Waals surface area contributed by atoms with E-state index in [1.807, 2.05) is 13.0 Å². The number of ether oxygens (including phenoxy) is 1. The van der Waals surface area contributed by atoms with Crippen molar-refractivity contribution >= 4 is 10.0 Å². The van der Waals surface area contributed by atoms with Crippen LogP contribution in [-0.4, -0.2) is 39.5 Å². The van der Waals surface area contributed by atoms with Crippen LogP contribution in [0, 0.1) is 6.92 Å². The summed E-state index contributed by atoms with van der Waals surface area (Å²) in [5, 5.41) is 0. The zero-order valence-electron chi connectivity index (χ0n) is 10.7. The van der Waals surface area contributed by atoms with Crippen LogP contribution in [0.2, 0.25) is 0 Å². The Morgan fingerprint density at radius 2 is 1.94 bits per heavy atom. The van der Waals surface area contributed by atoms with Crippen molar-refractivity contribution in [2.24, 2.45) is 0 Å². The van der Waals surface area contributed by atoms with E-state index in [1.54, 1.807) is 39.3 Å². The standard InChI is InChI=1S/C12H19NO3S/c1-10-7-5-6-8-12(10)17(14,15)13(3)11(2)9-16-4/h5-8,11H,9H2,1-4H3. The van der Waals surface area contributed by atoms with Gasteiger partial charge < -0.3 is 4.74 Å². The van der Waals surface area contributed by atoms with Gasteiger partial charge in [-0.15, -0.1) is 0 Å². The Balaban J connectivity index is 3.08. The Hall–Kier alpha value is -0.910. The maximum atomic E-state index is 12.3. The second kappa shape index (κ2) is 5.62. The van der Waals surface area contributed by atoms with Gasteiger partial charge in [-0.25, -0.2) is 8.42 Å². The summed E-state index contributed by atoms with van der Waals surface area (Å²) in [7, 11) is -0.303. The monoisotopic (exact) mass is 257 g/mol. The van der Waals surface area contributed by atoms with E-state index in [0.717, 1.165) is 5.56 Å². The Kier molecular flexibility index (Phi) is 4.68. The molecule has 1 rings (SSSR count). The molecule has 17 heavy (non-hydrogen) atoms. The second-order valence-corrected chi connectivity index (χ2v) is 6.06. The van der Waals surface area contributed by atoms with Crippen LogP contribution in [-0.2, 0) is 14.8 Å². The molecule has 0 aliphatic carbocycles. The highest BCUT2D eigenvalue weighted by Gasteiger charge is 2.26. The first-order chi connectivity index (χ1) is 7.91. The molecule has 0 amide bonds. The van der Waals surface area contributed by atoms with Gasteiger partial charge in [0.05, 0.1) is 11.5 Å². The van der Waals surface area contributed by atoms with E-state index in [4.69, 9.17) is 4.74 Å². The first-order valence-electron chi connectivity index (χ1n) is 5.44. The van der Waals surface area contributed by atoms with Crippen molar-refractivity contribution in [1.29, 1.82) is 0 Å². The van der Waals surface area contributed by atoms with Crippen LogP contribution in [0.1, 0.15) is 12.5 Å². The lowest BCUT2D eigenvalue weighted by Gasteiger charge is -2.24. The smallest absolute Gasteiger partial charge is 0.243 e. The van der Waals surface area contributed by atoms with Gasteiger partial charge in [0, 0.05) is 20.2 Å². The van der Waals surface area contributed by atoms with Crippen molar-refractivity contribution in [2.75, 3.05) is 20.8 Å². The minimum absolute atomic E-state index is 0.190. The molecular weight excluding hydrogens is 238 g/mol. The summed E-state index contributed by atoms with van der Waals surface area (Å²) in [5.74, 6) is 0. The number of rotatable bonds is 5. The normalized spacial score (nSPS) is 13.9. The molecule has 0 spiro atoms. The van der Waals surface area contributed by atoms with Crippen molar-refractivity contribution < 1.29 is 13.2 Å². The van der Waals surface area contributed by atoms with Gasteiger partial charge in [0.15, 0.2) is 0 Å². The van der Waals surface area contributed by atoms with Gasteiger partial charge in [0.25, 0.3) is 0 Å². The highest BCUT2D eigenvalue weighted by Crippen LogP contribution is 2.19. The van der Waals surface area contributed by atoms with Crippen molar-refractivity contribution in [3.05, 3.63) is 29.8 Å². The highest BCUT2D eigenvalue weighted by molar-refractivity contribution is 7.89. The summed E-state index contributed by atoms with van der Waals surface area (Å²) < 4.78 is 31.0. The van der Waals surface area contributed by atoms with Crippen LogP contribution in [0.25, 0.3) is 0 Å². The molecule has 4 nitrogen and oxygen atoms in total. The van der Waals surface area contributed by atoms with Gasteiger partial charge in [-0.05, 0) is 25.5 Å². The third kappa shape index (κ3) is 3.06. The molecule has 5 heteroatoms. The molecule has 0 heterocycles. The maximum Gasteiger partial charge on any atom is 0.243 e. The van der Waals surface area contributed by atoms with E-state index >= 15 is 0 Å². The zero-order chi connectivity index (χ0) is 13.1.